The summed E-state index contributed by atoms with van der Waals surface area (Å²) in [5.41, 5.74) is 0. The topological polar surface area (TPSA) is 0 Å². The summed E-state index contributed by atoms with van der Waals surface area (Å²) in [5, 5.41) is 0. The third-order valence-electron chi connectivity index (χ3n) is 1.42. The molecule has 0 aromatic heterocycles. The maximum Gasteiger partial charge on any atom is 1.00 e. The molecule has 0 aromatic rings. The first-order valence-corrected chi connectivity index (χ1v) is 2.92. The summed E-state index contributed by atoms with van der Waals surface area (Å²) in [6.07, 6.45) is 0.849. The number of halogens is 2. The minimum absolute atomic E-state index is 0. The molecule has 0 bridgehead atoms. The van der Waals surface area contributed by atoms with E-state index >= 15 is 0 Å². The minimum atomic E-state index is -1.29. The molecule has 9 heavy (non-hydrogen) atoms. The first kappa shape index (κ1) is 9.46. The van der Waals surface area contributed by atoms with Gasteiger partial charge in [-0.25, -0.2) is 4.39 Å². The van der Waals surface area contributed by atoms with Crippen LogP contribution >= 0.6 is 0 Å². The number of hydrogen-bond acceptors (Lipinski definition) is 0. The third-order valence-corrected chi connectivity index (χ3v) is 1.42. The van der Waals surface area contributed by atoms with E-state index in [0.717, 1.165) is 12.8 Å². The van der Waals surface area contributed by atoms with Crippen LogP contribution in [-0.4, -0.2) is 12.3 Å². The van der Waals surface area contributed by atoms with Crippen molar-refractivity contribution in [3.63, 3.8) is 0 Å². The Kier molecular flexibility index (Phi) is 4.52. The molecular formula is C6H9F2Li. The summed E-state index contributed by atoms with van der Waals surface area (Å²) < 4.78 is 24.3. The summed E-state index contributed by atoms with van der Waals surface area (Å²) in [4.78, 5) is 0. The Morgan fingerprint density at radius 3 is 2.33 bits per heavy atom. The van der Waals surface area contributed by atoms with Gasteiger partial charge >= 0.3 is 18.9 Å². The normalized spacial score (nSPS) is 35.3. The molecule has 0 nitrogen and oxygen atoms in total. The second kappa shape index (κ2) is 4.30. The van der Waals surface area contributed by atoms with Gasteiger partial charge in [0.1, 0.15) is 6.17 Å². The van der Waals surface area contributed by atoms with Crippen LogP contribution in [-0.2, 0) is 0 Å². The molecule has 0 saturated heterocycles. The van der Waals surface area contributed by atoms with E-state index < -0.39 is 12.3 Å². The fraction of sp³-hybridized carbons (Fsp3) is 0.833. The van der Waals surface area contributed by atoms with Crippen molar-refractivity contribution in [2.24, 2.45) is 0 Å². The van der Waals surface area contributed by atoms with E-state index in [2.05, 4.69) is 0 Å². The van der Waals surface area contributed by atoms with E-state index in [9.17, 15) is 8.78 Å². The van der Waals surface area contributed by atoms with E-state index in [0.29, 0.717) is 6.42 Å². The standard InChI is InChI=1S/C6H9F2.Li/c7-5-3-1-2-4-6(5)8;/h3,5-6H,1-2,4H2;/q-1;+1. The molecule has 1 fully saturated rings. The van der Waals surface area contributed by atoms with Gasteiger partial charge in [-0.15, -0.1) is 0 Å². The van der Waals surface area contributed by atoms with E-state index in [4.69, 9.17) is 0 Å². The van der Waals surface area contributed by atoms with Gasteiger partial charge in [-0.1, -0.05) is 6.42 Å². The van der Waals surface area contributed by atoms with Crippen molar-refractivity contribution < 1.29 is 27.6 Å². The van der Waals surface area contributed by atoms with Crippen LogP contribution in [0.3, 0.4) is 0 Å². The predicted octanol–water partition coefficient (Wildman–Crippen LogP) is -0.945. The fourth-order valence-corrected chi connectivity index (χ4v) is 0.897. The quantitative estimate of drug-likeness (QED) is 0.290. The minimum Gasteiger partial charge on any atom is -0.292 e. The van der Waals surface area contributed by atoms with Gasteiger partial charge < -0.3 is 0 Å². The van der Waals surface area contributed by atoms with Gasteiger partial charge in [0.05, 0.1) is 0 Å². The van der Waals surface area contributed by atoms with Crippen LogP contribution in [0.4, 0.5) is 8.78 Å². The molecule has 2 atom stereocenters. The summed E-state index contributed by atoms with van der Waals surface area (Å²) in [5.74, 6) is 0. The molecule has 0 spiro atoms. The van der Waals surface area contributed by atoms with Gasteiger partial charge in [-0.3, -0.25) is 10.8 Å². The molecular weight excluding hydrogens is 117 g/mol. The molecule has 0 amide bonds. The maximum absolute atomic E-state index is 12.2. The van der Waals surface area contributed by atoms with E-state index in [1.54, 1.807) is 0 Å². The molecule has 1 aliphatic carbocycles. The van der Waals surface area contributed by atoms with Crippen molar-refractivity contribution in [2.45, 2.75) is 31.6 Å². The first-order chi connectivity index (χ1) is 3.80. The summed E-state index contributed by atoms with van der Waals surface area (Å²) in [7, 11) is 0. The van der Waals surface area contributed by atoms with Crippen molar-refractivity contribution in [2.75, 3.05) is 0 Å². The van der Waals surface area contributed by atoms with Crippen molar-refractivity contribution in [3.05, 3.63) is 6.42 Å². The van der Waals surface area contributed by atoms with Crippen molar-refractivity contribution in [1.29, 1.82) is 0 Å². The van der Waals surface area contributed by atoms with Crippen LogP contribution in [0.25, 0.3) is 0 Å². The smallest absolute Gasteiger partial charge is 0.292 e. The van der Waals surface area contributed by atoms with E-state index in [-0.39, 0.29) is 18.9 Å². The Morgan fingerprint density at radius 1 is 1.33 bits per heavy atom. The third kappa shape index (κ3) is 2.69. The molecule has 48 valence electrons. The van der Waals surface area contributed by atoms with E-state index in [1.165, 1.54) is 6.42 Å². The van der Waals surface area contributed by atoms with E-state index in [1.807, 2.05) is 0 Å². The van der Waals surface area contributed by atoms with Crippen molar-refractivity contribution in [1.82, 2.24) is 0 Å². The zero-order chi connectivity index (χ0) is 5.98. The van der Waals surface area contributed by atoms with Gasteiger partial charge in [0.2, 0.25) is 0 Å². The van der Waals surface area contributed by atoms with Gasteiger partial charge in [-0.05, 0) is 6.42 Å². The van der Waals surface area contributed by atoms with Crippen LogP contribution < -0.4 is 18.9 Å². The average molecular weight is 126 g/mol. The van der Waals surface area contributed by atoms with Gasteiger partial charge in [0.25, 0.3) is 0 Å². The van der Waals surface area contributed by atoms with Crippen LogP contribution in [0.1, 0.15) is 19.3 Å². The van der Waals surface area contributed by atoms with Crippen LogP contribution in [0, 0.1) is 6.42 Å². The van der Waals surface area contributed by atoms with Crippen molar-refractivity contribution >= 4 is 0 Å². The molecule has 1 saturated carbocycles. The molecule has 1 aliphatic rings. The van der Waals surface area contributed by atoms with Gasteiger partial charge in [0, 0.05) is 6.17 Å². The zero-order valence-electron chi connectivity index (χ0n) is 5.61. The largest absolute Gasteiger partial charge is 1.00 e. The molecule has 0 aromatic carbocycles. The molecule has 1 rings (SSSR count). The van der Waals surface area contributed by atoms with Crippen LogP contribution in [0.2, 0.25) is 0 Å². The van der Waals surface area contributed by atoms with Crippen LogP contribution in [0.15, 0.2) is 0 Å². The Hall–Kier alpha value is 0.457. The number of rotatable bonds is 0. The van der Waals surface area contributed by atoms with Crippen molar-refractivity contribution in [3.8, 4) is 0 Å². The SMILES string of the molecule is FC1[CH-]CCCC1F.[Li+]. The molecule has 2 unspecified atom stereocenters. The van der Waals surface area contributed by atoms with Gasteiger partial charge in [0.15, 0.2) is 0 Å². The predicted molar refractivity (Wildman–Crippen MR) is 27.9 cm³/mol. The Balaban J connectivity index is 0.000000640. The maximum atomic E-state index is 12.2. The molecule has 3 heteroatoms. The molecule has 0 aliphatic heterocycles. The summed E-state index contributed by atoms with van der Waals surface area (Å²) in [6.45, 7) is 0. The first-order valence-electron chi connectivity index (χ1n) is 2.92. The molecule has 0 N–H and O–H groups in total. The number of alkyl halides is 2. The number of hydrogen-bond donors (Lipinski definition) is 0. The second-order valence-electron chi connectivity index (χ2n) is 2.13. The zero-order valence-corrected chi connectivity index (χ0v) is 5.61. The monoisotopic (exact) mass is 126 g/mol. The Labute approximate surface area is 66.2 Å². The summed E-state index contributed by atoms with van der Waals surface area (Å²) >= 11 is 0. The average Bonchev–Trinajstić information content (AvgIpc) is 1.77. The van der Waals surface area contributed by atoms with Gasteiger partial charge in [-0.2, -0.15) is 6.42 Å². The summed E-state index contributed by atoms with van der Waals surface area (Å²) in [6, 6.07) is 0. The molecule has 0 heterocycles. The Bertz CT molecular complexity index is 67.5. The fourth-order valence-electron chi connectivity index (χ4n) is 0.897. The second-order valence-corrected chi connectivity index (χ2v) is 2.13. The molecule has 0 radical (unpaired) electrons. The van der Waals surface area contributed by atoms with Crippen LogP contribution in [0.5, 0.6) is 0 Å². The Morgan fingerprint density at radius 2 is 2.00 bits per heavy atom.